The van der Waals surface area contributed by atoms with E-state index in [1.807, 2.05) is 0 Å². The number of methoxy groups -OCH3 is 1. The Labute approximate surface area is 230 Å². The maximum atomic E-state index is 12.8. The number of aliphatic carboxylic acids is 1. The van der Waals surface area contributed by atoms with Crippen molar-refractivity contribution in [2.24, 2.45) is 0 Å². The van der Waals surface area contributed by atoms with Crippen LogP contribution in [0.25, 0.3) is 23.0 Å². The number of hydrogen-bond acceptors (Lipinski definition) is 8. The van der Waals surface area contributed by atoms with Crippen LogP contribution in [-0.2, 0) is 14.3 Å². The summed E-state index contributed by atoms with van der Waals surface area (Å²) in [6.07, 6.45) is 3.04. The van der Waals surface area contributed by atoms with Crippen LogP contribution < -0.4 is 10.6 Å². The van der Waals surface area contributed by atoms with Gasteiger partial charge in [-0.1, -0.05) is 35.3 Å². The highest BCUT2D eigenvalue weighted by Crippen LogP contribution is 2.29. The van der Waals surface area contributed by atoms with Gasteiger partial charge >= 0.3 is 12.1 Å². The normalized spacial score (nSPS) is 11.8. The van der Waals surface area contributed by atoms with Crippen molar-refractivity contribution in [2.45, 2.75) is 12.5 Å². The first-order valence-electron chi connectivity index (χ1n) is 11.2. The summed E-state index contributed by atoms with van der Waals surface area (Å²) >= 11 is 12.5. The number of rotatable bonds is 9. The molecule has 13 nitrogen and oxygen atoms in total. The van der Waals surface area contributed by atoms with Gasteiger partial charge in [0.15, 0.2) is 0 Å². The molecule has 0 bridgehead atoms. The van der Waals surface area contributed by atoms with Crippen molar-refractivity contribution in [3.8, 4) is 16.9 Å². The molecule has 1 unspecified atom stereocenters. The number of amides is 2. The van der Waals surface area contributed by atoms with Crippen LogP contribution in [-0.4, -0.2) is 60.4 Å². The lowest BCUT2D eigenvalue weighted by molar-refractivity contribution is -0.137. The van der Waals surface area contributed by atoms with Gasteiger partial charge in [0.1, 0.15) is 23.0 Å². The molecule has 200 valence electrons. The Morgan fingerprint density at radius 2 is 1.95 bits per heavy atom. The van der Waals surface area contributed by atoms with Crippen LogP contribution in [0.4, 0.5) is 10.5 Å². The molecule has 4 N–H and O–H groups in total. The van der Waals surface area contributed by atoms with E-state index < -0.39 is 30.4 Å². The van der Waals surface area contributed by atoms with Crippen molar-refractivity contribution in [3.63, 3.8) is 0 Å². The van der Waals surface area contributed by atoms with Crippen LogP contribution in [0.5, 0.6) is 0 Å². The van der Waals surface area contributed by atoms with E-state index in [1.165, 1.54) is 30.3 Å². The van der Waals surface area contributed by atoms with Gasteiger partial charge in [0.25, 0.3) is 0 Å². The summed E-state index contributed by atoms with van der Waals surface area (Å²) < 4.78 is 5.97. The highest BCUT2D eigenvalue weighted by atomic mass is 35.5. The second-order valence-corrected chi connectivity index (χ2v) is 8.74. The van der Waals surface area contributed by atoms with Crippen molar-refractivity contribution in [3.05, 3.63) is 76.4 Å². The van der Waals surface area contributed by atoms with E-state index in [0.717, 1.165) is 0 Å². The molecule has 39 heavy (non-hydrogen) atoms. The predicted molar refractivity (Wildman–Crippen MR) is 141 cm³/mol. The molecule has 0 fully saturated rings. The molecule has 15 heteroatoms. The van der Waals surface area contributed by atoms with E-state index in [9.17, 15) is 19.5 Å². The minimum atomic E-state index is -1.16. The zero-order valence-electron chi connectivity index (χ0n) is 20.1. The smallest absolute Gasteiger partial charge is 0.411 e. The number of benzene rings is 2. The number of carboxylic acid groups (broad SMARTS) is 1. The molecule has 2 aromatic carbocycles. The molecule has 4 rings (SSSR count). The number of carbonyl (C=O) groups excluding carboxylic acids is 2. The molecule has 0 aliphatic rings. The number of hydrogen-bond donors (Lipinski definition) is 4. The van der Waals surface area contributed by atoms with Crippen molar-refractivity contribution in [2.75, 3.05) is 12.4 Å². The van der Waals surface area contributed by atoms with Gasteiger partial charge in [0.05, 0.1) is 25.3 Å². The first-order valence-corrected chi connectivity index (χ1v) is 11.9. The molecule has 0 aliphatic carbocycles. The van der Waals surface area contributed by atoms with Gasteiger partial charge in [-0.25, -0.2) is 9.78 Å². The number of nitrogens with zero attached hydrogens (tertiary/aromatic N) is 5. The van der Waals surface area contributed by atoms with Gasteiger partial charge in [0, 0.05) is 27.9 Å². The summed E-state index contributed by atoms with van der Waals surface area (Å²) in [4.78, 5) is 43.0. The number of imidazole rings is 1. The van der Waals surface area contributed by atoms with E-state index in [0.29, 0.717) is 33.2 Å². The summed E-state index contributed by atoms with van der Waals surface area (Å²) in [7, 11) is 1.25. The number of nitrogens with one attached hydrogen (secondary N) is 3. The Balaban J connectivity index is 1.53. The minimum Gasteiger partial charge on any atom is -0.481 e. The molecule has 2 aromatic heterocycles. The highest BCUT2D eigenvalue weighted by Gasteiger charge is 2.23. The Morgan fingerprint density at radius 1 is 1.18 bits per heavy atom. The van der Waals surface area contributed by atoms with E-state index >= 15 is 0 Å². The van der Waals surface area contributed by atoms with E-state index in [2.05, 4.69) is 40.9 Å². The van der Waals surface area contributed by atoms with Crippen LogP contribution in [0, 0.1) is 0 Å². The third kappa shape index (κ3) is 6.97. The first kappa shape index (κ1) is 27.3. The number of halogens is 2. The molecule has 0 radical (unpaired) electrons. The van der Waals surface area contributed by atoms with E-state index in [4.69, 9.17) is 23.2 Å². The summed E-state index contributed by atoms with van der Waals surface area (Å²) in [5.41, 5.74) is 2.54. The number of anilines is 1. The van der Waals surface area contributed by atoms with Crippen molar-refractivity contribution in [1.82, 2.24) is 35.5 Å². The Hall–Kier alpha value is -4.75. The average molecular weight is 571 g/mol. The molecule has 0 spiro atoms. The quantitative estimate of drug-likeness (QED) is 0.217. The van der Waals surface area contributed by atoms with Crippen LogP contribution in [0.3, 0.4) is 0 Å². The average Bonchev–Trinajstić information content (AvgIpc) is 3.57. The standard InChI is InChI=1S/C24H20Cl2N8O5/c1-39-24(38)28-16-6-2-13(3-7-16)21-22(26)31-23(30-21)17(11-20(36)37)29-19(35)9-4-14-10-15(25)5-8-18(14)34-12-27-32-33-34/h2-10,12,17H,11H2,1H3,(H,28,38)(H,29,35)(H,30,31)(H,36,37). The highest BCUT2D eigenvalue weighted by molar-refractivity contribution is 6.32. The summed E-state index contributed by atoms with van der Waals surface area (Å²) in [6.45, 7) is 0. The third-order valence-corrected chi connectivity index (χ3v) is 5.80. The molecule has 1 atom stereocenters. The largest absolute Gasteiger partial charge is 0.481 e. The summed E-state index contributed by atoms with van der Waals surface area (Å²) in [5.74, 6) is -1.60. The lowest BCUT2D eigenvalue weighted by Crippen LogP contribution is -2.29. The number of ether oxygens (including phenoxy) is 1. The monoisotopic (exact) mass is 570 g/mol. The zero-order chi connectivity index (χ0) is 27.9. The SMILES string of the molecule is COC(=O)Nc1ccc(-c2nc(C(CC(=O)O)NC(=O)C=Cc3cc(Cl)ccc3-n3cnnn3)[nH]c2Cl)cc1. The topological polar surface area (TPSA) is 177 Å². The fraction of sp³-hybridized carbons (Fsp3) is 0.125. The van der Waals surface area contributed by atoms with Gasteiger partial charge in [-0.3, -0.25) is 14.9 Å². The Kier molecular flexibility index (Phi) is 8.53. The molecule has 0 saturated heterocycles. The van der Waals surface area contributed by atoms with Gasteiger partial charge in [-0.15, -0.1) is 5.10 Å². The molecule has 0 saturated carbocycles. The Bertz CT molecular complexity index is 1520. The van der Waals surface area contributed by atoms with Crippen LogP contribution in [0.2, 0.25) is 10.2 Å². The minimum absolute atomic E-state index is 0.142. The number of carbonyl (C=O) groups is 3. The zero-order valence-corrected chi connectivity index (χ0v) is 21.6. The second-order valence-electron chi connectivity index (χ2n) is 7.93. The number of H-pyrrole nitrogens is 1. The number of aromatic amines is 1. The van der Waals surface area contributed by atoms with Crippen LogP contribution in [0.15, 0.2) is 54.9 Å². The van der Waals surface area contributed by atoms with Crippen LogP contribution >= 0.6 is 23.2 Å². The second kappa shape index (κ2) is 12.2. The molecular weight excluding hydrogens is 551 g/mol. The maximum Gasteiger partial charge on any atom is 0.411 e. The van der Waals surface area contributed by atoms with Crippen LogP contribution in [0.1, 0.15) is 23.9 Å². The fourth-order valence-electron chi connectivity index (χ4n) is 3.52. The molecule has 0 aliphatic heterocycles. The molecular formula is C24H20Cl2N8O5. The van der Waals surface area contributed by atoms with Crippen molar-refractivity contribution >= 4 is 52.9 Å². The summed E-state index contributed by atoms with van der Waals surface area (Å²) in [5, 5.41) is 26.2. The third-order valence-electron chi connectivity index (χ3n) is 5.29. The van der Waals surface area contributed by atoms with Gasteiger partial charge in [-0.05, 0) is 46.8 Å². The van der Waals surface area contributed by atoms with Gasteiger partial charge < -0.3 is 20.1 Å². The van der Waals surface area contributed by atoms with Crippen molar-refractivity contribution < 1.29 is 24.2 Å². The van der Waals surface area contributed by atoms with E-state index in [-0.39, 0.29) is 11.0 Å². The summed E-state index contributed by atoms with van der Waals surface area (Å²) in [6, 6.07) is 10.5. The maximum absolute atomic E-state index is 12.8. The molecule has 2 heterocycles. The number of tetrazole rings is 1. The van der Waals surface area contributed by atoms with Gasteiger partial charge in [-0.2, -0.15) is 4.68 Å². The molecule has 4 aromatic rings. The lowest BCUT2D eigenvalue weighted by atomic mass is 10.1. The predicted octanol–water partition coefficient (Wildman–Crippen LogP) is 3.88. The molecule has 2 amide bonds. The lowest BCUT2D eigenvalue weighted by Gasteiger charge is -2.13. The van der Waals surface area contributed by atoms with E-state index in [1.54, 1.807) is 42.5 Å². The number of aromatic nitrogens is 6. The first-order chi connectivity index (χ1) is 18.7. The fourth-order valence-corrected chi connectivity index (χ4v) is 3.95. The Morgan fingerprint density at radius 3 is 2.62 bits per heavy atom. The van der Waals surface area contributed by atoms with Crippen molar-refractivity contribution in [1.29, 1.82) is 0 Å². The number of carboxylic acids is 1. The van der Waals surface area contributed by atoms with Gasteiger partial charge in [0.2, 0.25) is 5.91 Å².